The lowest BCUT2D eigenvalue weighted by Gasteiger charge is -2.11. The van der Waals surface area contributed by atoms with E-state index in [9.17, 15) is 9.90 Å². The summed E-state index contributed by atoms with van der Waals surface area (Å²) in [7, 11) is 0. The molecule has 2 aromatic rings. The van der Waals surface area contributed by atoms with Gasteiger partial charge in [-0.3, -0.25) is 9.36 Å². The number of rotatable bonds is 5. The summed E-state index contributed by atoms with van der Waals surface area (Å²) >= 11 is 0. The number of hydrogen-bond acceptors (Lipinski definition) is 5. The number of aliphatic hydroxyl groups is 2. The fourth-order valence-corrected chi connectivity index (χ4v) is 1.79. The lowest BCUT2D eigenvalue weighted by molar-refractivity contribution is 0.105. The van der Waals surface area contributed by atoms with Gasteiger partial charge in [0, 0.05) is 18.8 Å². The molecule has 0 saturated carbocycles. The van der Waals surface area contributed by atoms with E-state index in [1.165, 1.54) is 6.33 Å². The number of aliphatic hydroxyl groups excluding tert-OH is 2. The van der Waals surface area contributed by atoms with E-state index in [1.807, 2.05) is 6.92 Å². The monoisotopic (exact) mass is 263 g/mol. The topological polar surface area (TPSA) is 87.4 Å². The third-order valence-electron chi connectivity index (χ3n) is 2.92. The average molecular weight is 263 g/mol. The maximum Gasteiger partial charge on any atom is 0.261 e. The molecule has 0 fully saturated rings. The van der Waals surface area contributed by atoms with Crippen LogP contribution >= 0.6 is 0 Å². The van der Waals surface area contributed by atoms with Crippen molar-refractivity contribution in [3.63, 3.8) is 0 Å². The Balaban J connectivity index is 2.29. The molecule has 19 heavy (non-hydrogen) atoms. The van der Waals surface area contributed by atoms with E-state index in [0.29, 0.717) is 17.4 Å². The predicted molar refractivity (Wildman–Crippen MR) is 73.3 cm³/mol. The summed E-state index contributed by atoms with van der Waals surface area (Å²) in [6, 6.07) is 5.22. The molecule has 0 amide bonds. The Morgan fingerprint density at radius 3 is 2.95 bits per heavy atom. The average Bonchev–Trinajstić information content (AvgIpc) is 2.45. The highest BCUT2D eigenvalue weighted by molar-refractivity contribution is 5.81. The zero-order chi connectivity index (χ0) is 13.8. The molecule has 1 unspecified atom stereocenters. The minimum atomic E-state index is -0.809. The van der Waals surface area contributed by atoms with Crippen LogP contribution in [0, 0.1) is 0 Å². The number of nitrogens with zero attached hydrogens (tertiary/aromatic N) is 2. The standard InChI is InChI=1S/C13H17N3O3/c1-2-16-8-15-12-5-9(14-6-10(18)7-17)3-4-11(12)13(16)19/h3-5,8,10,14,17-18H,2,6-7H2,1H3. The number of aromatic nitrogens is 2. The molecule has 6 nitrogen and oxygen atoms in total. The van der Waals surface area contributed by atoms with E-state index in [1.54, 1.807) is 22.8 Å². The Labute approximate surface area is 110 Å². The minimum absolute atomic E-state index is 0.0607. The van der Waals surface area contributed by atoms with Crippen LogP contribution in [-0.2, 0) is 6.54 Å². The lowest BCUT2D eigenvalue weighted by Crippen LogP contribution is -2.23. The number of hydrogen-bond donors (Lipinski definition) is 3. The first-order chi connectivity index (χ1) is 9.15. The Hall–Kier alpha value is -1.92. The number of aryl methyl sites for hydroxylation is 1. The smallest absolute Gasteiger partial charge is 0.261 e. The van der Waals surface area contributed by atoms with E-state index >= 15 is 0 Å². The van der Waals surface area contributed by atoms with Crippen LogP contribution in [0.2, 0.25) is 0 Å². The Morgan fingerprint density at radius 1 is 1.47 bits per heavy atom. The van der Waals surface area contributed by atoms with Crippen LogP contribution in [0.25, 0.3) is 10.9 Å². The van der Waals surface area contributed by atoms with Gasteiger partial charge in [0.05, 0.1) is 29.9 Å². The normalized spacial score (nSPS) is 12.6. The zero-order valence-electron chi connectivity index (χ0n) is 10.7. The predicted octanol–water partition coefficient (Wildman–Crippen LogP) is 0.181. The summed E-state index contributed by atoms with van der Waals surface area (Å²) in [4.78, 5) is 16.2. The van der Waals surface area contributed by atoms with Crippen molar-refractivity contribution in [1.29, 1.82) is 0 Å². The van der Waals surface area contributed by atoms with Gasteiger partial charge in [-0.1, -0.05) is 0 Å². The molecular weight excluding hydrogens is 246 g/mol. The molecule has 0 aliphatic heterocycles. The van der Waals surface area contributed by atoms with Crippen LogP contribution in [0.1, 0.15) is 6.92 Å². The molecule has 1 aromatic heterocycles. The summed E-state index contributed by atoms with van der Waals surface area (Å²) < 4.78 is 1.55. The largest absolute Gasteiger partial charge is 0.394 e. The minimum Gasteiger partial charge on any atom is -0.394 e. The molecule has 102 valence electrons. The summed E-state index contributed by atoms with van der Waals surface area (Å²) in [6.07, 6.45) is 0.716. The Morgan fingerprint density at radius 2 is 2.26 bits per heavy atom. The van der Waals surface area contributed by atoms with Crippen molar-refractivity contribution in [3.8, 4) is 0 Å². The van der Waals surface area contributed by atoms with Crippen molar-refractivity contribution in [2.45, 2.75) is 19.6 Å². The van der Waals surface area contributed by atoms with Crippen molar-refractivity contribution in [3.05, 3.63) is 34.9 Å². The highest BCUT2D eigenvalue weighted by atomic mass is 16.3. The van der Waals surface area contributed by atoms with Gasteiger partial charge in [0.1, 0.15) is 0 Å². The summed E-state index contributed by atoms with van der Waals surface area (Å²) in [5.41, 5.74) is 1.30. The van der Waals surface area contributed by atoms with Crippen molar-refractivity contribution >= 4 is 16.6 Å². The quantitative estimate of drug-likeness (QED) is 0.716. The van der Waals surface area contributed by atoms with Crippen LogP contribution < -0.4 is 10.9 Å². The Kier molecular flexibility index (Phi) is 4.13. The van der Waals surface area contributed by atoms with Gasteiger partial charge in [0.15, 0.2) is 0 Å². The van der Waals surface area contributed by atoms with Crippen molar-refractivity contribution in [2.75, 3.05) is 18.5 Å². The van der Waals surface area contributed by atoms with Gasteiger partial charge in [0.2, 0.25) is 0 Å². The number of nitrogens with one attached hydrogen (secondary N) is 1. The van der Waals surface area contributed by atoms with Crippen molar-refractivity contribution in [2.24, 2.45) is 0 Å². The molecule has 0 bridgehead atoms. The molecule has 1 heterocycles. The molecule has 0 spiro atoms. The van der Waals surface area contributed by atoms with Crippen molar-refractivity contribution in [1.82, 2.24) is 9.55 Å². The van der Waals surface area contributed by atoms with Gasteiger partial charge in [-0.25, -0.2) is 4.98 Å². The van der Waals surface area contributed by atoms with Gasteiger partial charge >= 0.3 is 0 Å². The van der Waals surface area contributed by atoms with Gasteiger partial charge < -0.3 is 15.5 Å². The highest BCUT2D eigenvalue weighted by Gasteiger charge is 2.05. The second kappa shape index (κ2) is 5.81. The molecule has 0 saturated heterocycles. The Bertz CT molecular complexity index is 624. The lowest BCUT2D eigenvalue weighted by atomic mass is 10.2. The number of anilines is 1. The van der Waals surface area contributed by atoms with Gasteiger partial charge in [-0.2, -0.15) is 0 Å². The molecule has 6 heteroatoms. The maximum absolute atomic E-state index is 12.0. The first kappa shape index (κ1) is 13.5. The van der Waals surface area contributed by atoms with E-state index in [2.05, 4.69) is 10.3 Å². The van der Waals surface area contributed by atoms with Crippen LogP contribution in [0.15, 0.2) is 29.3 Å². The summed E-state index contributed by atoms with van der Waals surface area (Å²) in [5, 5.41) is 21.5. The van der Waals surface area contributed by atoms with E-state index in [4.69, 9.17) is 5.11 Å². The van der Waals surface area contributed by atoms with Crippen LogP contribution in [-0.4, -0.2) is 39.0 Å². The van der Waals surface area contributed by atoms with Crippen LogP contribution in [0.4, 0.5) is 5.69 Å². The van der Waals surface area contributed by atoms with Gasteiger partial charge in [-0.15, -0.1) is 0 Å². The second-order valence-corrected chi connectivity index (χ2v) is 4.28. The van der Waals surface area contributed by atoms with Gasteiger partial charge in [0.25, 0.3) is 5.56 Å². The van der Waals surface area contributed by atoms with Crippen LogP contribution in [0.3, 0.4) is 0 Å². The first-order valence-electron chi connectivity index (χ1n) is 6.17. The van der Waals surface area contributed by atoms with E-state index < -0.39 is 6.10 Å². The van der Waals surface area contributed by atoms with Crippen molar-refractivity contribution < 1.29 is 10.2 Å². The SMILES string of the molecule is CCn1cnc2cc(NCC(O)CO)ccc2c1=O. The number of fused-ring (bicyclic) bond motifs is 1. The highest BCUT2D eigenvalue weighted by Crippen LogP contribution is 2.14. The molecule has 0 radical (unpaired) electrons. The number of benzene rings is 1. The fourth-order valence-electron chi connectivity index (χ4n) is 1.79. The summed E-state index contributed by atoms with van der Waals surface area (Å²) in [6.45, 7) is 2.43. The third kappa shape index (κ3) is 2.91. The third-order valence-corrected chi connectivity index (χ3v) is 2.92. The molecule has 1 aromatic carbocycles. The molecule has 0 aliphatic carbocycles. The fraction of sp³-hybridized carbons (Fsp3) is 0.385. The molecule has 1 atom stereocenters. The molecule has 0 aliphatic rings. The van der Waals surface area contributed by atoms with Crippen LogP contribution in [0.5, 0.6) is 0 Å². The molecule has 3 N–H and O–H groups in total. The van der Waals surface area contributed by atoms with E-state index in [-0.39, 0.29) is 18.7 Å². The zero-order valence-corrected chi connectivity index (χ0v) is 10.7. The first-order valence-corrected chi connectivity index (χ1v) is 6.17. The molecular formula is C13H17N3O3. The second-order valence-electron chi connectivity index (χ2n) is 4.28. The van der Waals surface area contributed by atoms with Gasteiger partial charge in [-0.05, 0) is 25.1 Å². The maximum atomic E-state index is 12.0. The summed E-state index contributed by atoms with van der Waals surface area (Å²) in [5.74, 6) is 0. The molecule has 2 rings (SSSR count). The van der Waals surface area contributed by atoms with E-state index in [0.717, 1.165) is 5.69 Å².